The van der Waals surface area contributed by atoms with Crippen LogP contribution in [0.3, 0.4) is 0 Å². The number of rotatable bonds is 4. The van der Waals surface area contributed by atoms with E-state index in [1.807, 2.05) is 0 Å². The largest absolute Gasteiger partial charge is 0.453 e. The van der Waals surface area contributed by atoms with Gasteiger partial charge in [0.2, 0.25) is 0 Å². The molecule has 21 heavy (non-hydrogen) atoms. The molecule has 7 nitrogen and oxygen atoms in total. The number of pyridine rings is 1. The van der Waals surface area contributed by atoms with Gasteiger partial charge in [0.25, 0.3) is 5.91 Å². The summed E-state index contributed by atoms with van der Waals surface area (Å²) in [4.78, 5) is 31.0. The van der Waals surface area contributed by atoms with Crippen LogP contribution in [0.5, 0.6) is 0 Å². The molecule has 0 aromatic carbocycles. The molecule has 0 spiro atoms. The van der Waals surface area contributed by atoms with Crippen molar-refractivity contribution in [1.29, 1.82) is 0 Å². The molecule has 7 heteroatoms. The molecule has 1 saturated heterocycles. The van der Waals surface area contributed by atoms with Gasteiger partial charge in [-0.2, -0.15) is 0 Å². The highest BCUT2D eigenvalue weighted by atomic mass is 16.5. The molecule has 2 rings (SSSR count). The molecule has 0 radical (unpaired) electrons. The maximum Gasteiger partial charge on any atom is 0.409 e. The second-order valence-corrected chi connectivity index (χ2v) is 4.79. The zero-order chi connectivity index (χ0) is 15.1. The lowest BCUT2D eigenvalue weighted by Crippen LogP contribution is -2.50. The minimum Gasteiger partial charge on any atom is -0.453 e. The molecular weight excluding hydrogens is 272 g/mol. The molecule has 2 heterocycles. The van der Waals surface area contributed by atoms with Crippen LogP contribution < -0.4 is 5.32 Å². The predicted octanol–water partition coefficient (Wildman–Crippen LogP) is 0.195. The summed E-state index contributed by atoms with van der Waals surface area (Å²) < 4.78 is 4.69. The lowest BCUT2D eigenvalue weighted by atomic mass is 10.2. The minimum atomic E-state index is -0.277. The third kappa shape index (κ3) is 4.42. The summed E-state index contributed by atoms with van der Waals surface area (Å²) in [6.45, 7) is 4.25. The van der Waals surface area contributed by atoms with Crippen LogP contribution in [-0.2, 0) is 4.74 Å². The number of nitrogens with one attached hydrogen (secondary N) is 1. The number of hydrogen-bond acceptors (Lipinski definition) is 5. The second kappa shape index (κ2) is 7.58. The van der Waals surface area contributed by atoms with E-state index in [2.05, 4.69) is 15.2 Å². The van der Waals surface area contributed by atoms with Gasteiger partial charge in [-0.3, -0.25) is 14.7 Å². The first kappa shape index (κ1) is 15.2. The number of amides is 2. The molecule has 0 aliphatic carbocycles. The SMILES string of the molecule is COC(=O)N1CCN(CCNC(=O)c2ccncc2)CC1. The lowest BCUT2D eigenvalue weighted by Gasteiger charge is -2.33. The third-order valence-electron chi connectivity index (χ3n) is 3.46. The quantitative estimate of drug-likeness (QED) is 0.858. The number of nitrogens with zero attached hydrogens (tertiary/aromatic N) is 3. The summed E-state index contributed by atoms with van der Waals surface area (Å²) in [6, 6.07) is 3.37. The number of aromatic nitrogens is 1. The van der Waals surface area contributed by atoms with E-state index < -0.39 is 0 Å². The number of piperazine rings is 1. The normalized spacial score (nSPS) is 15.6. The van der Waals surface area contributed by atoms with Crippen molar-refractivity contribution >= 4 is 12.0 Å². The molecule has 2 amide bonds. The van der Waals surface area contributed by atoms with Crippen molar-refractivity contribution in [3.05, 3.63) is 30.1 Å². The fourth-order valence-electron chi connectivity index (χ4n) is 2.22. The highest BCUT2D eigenvalue weighted by Gasteiger charge is 2.21. The summed E-state index contributed by atoms with van der Waals surface area (Å²) in [7, 11) is 1.39. The maximum atomic E-state index is 11.8. The van der Waals surface area contributed by atoms with Gasteiger partial charge >= 0.3 is 6.09 Å². The van der Waals surface area contributed by atoms with Gasteiger partial charge in [0, 0.05) is 57.2 Å². The molecule has 1 aliphatic rings. The van der Waals surface area contributed by atoms with Crippen LogP contribution in [0.25, 0.3) is 0 Å². The molecule has 1 aromatic heterocycles. The van der Waals surface area contributed by atoms with Crippen LogP contribution in [0, 0.1) is 0 Å². The Bertz CT molecular complexity index is 472. The Morgan fingerprint density at radius 1 is 1.24 bits per heavy atom. The van der Waals surface area contributed by atoms with Crippen molar-refractivity contribution in [1.82, 2.24) is 20.1 Å². The third-order valence-corrected chi connectivity index (χ3v) is 3.46. The van der Waals surface area contributed by atoms with Gasteiger partial charge in [0.15, 0.2) is 0 Å². The topological polar surface area (TPSA) is 74.8 Å². The van der Waals surface area contributed by atoms with Crippen molar-refractivity contribution in [2.75, 3.05) is 46.4 Å². The van der Waals surface area contributed by atoms with Crippen molar-refractivity contribution in [3.63, 3.8) is 0 Å². The summed E-state index contributed by atoms with van der Waals surface area (Å²) in [5.41, 5.74) is 0.612. The van der Waals surface area contributed by atoms with Gasteiger partial charge in [-0.05, 0) is 12.1 Å². The van der Waals surface area contributed by atoms with Gasteiger partial charge in [0.1, 0.15) is 0 Å². The lowest BCUT2D eigenvalue weighted by molar-refractivity contribution is 0.0885. The van der Waals surface area contributed by atoms with Crippen LogP contribution in [0.1, 0.15) is 10.4 Å². The Hall–Kier alpha value is -2.15. The Kier molecular flexibility index (Phi) is 5.51. The first-order chi connectivity index (χ1) is 10.2. The van der Waals surface area contributed by atoms with Crippen LogP contribution >= 0.6 is 0 Å². The number of ether oxygens (including phenoxy) is 1. The van der Waals surface area contributed by atoms with E-state index in [1.54, 1.807) is 29.4 Å². The van der Waals surface area contributed by atoms with Crippen molar-refractivity contribution in [2.45, 2.75) is 0 Å². The minimum absolute atomic E-state index is 0.0920. The molecule has 1 fully saturated rings. The zero-order valence-electron chi connectivity index (χ0n) is 12.1. The van der Waals surface area contributed by atoms with Gasteiger partial charge in [-0.1, -0.05) is 0 Å². The first-order valence-corrected chi connectivity index (χ1v) is 6.94. The molecule has 1 aliphatic heterocycles. The van der Waals surface area contributed by atoms with Crippen molar-refractivity contribution in [2.24, 2.45) is 0 Å². The van der Waals surface area contributed by atoms with E-state index in [9.17, 15) is 9.59 Å². The van der Waals surface area contributed by atoms with Crippen molar-refractivity contribution < 1.29 is 14.3 Å². The van der Waals surface area contributed by atoms with Gasteiger partial charge in [0.05, 0.1) is 7.11 Å². The Labute approximate surface area is 123 Å². The number of hydrogen-bond donors (Lipinski definition) is 1. The zero-order valence-corrected chi connectivity index (χ0v) is 12.1. The van der Waals surface area contributed by atoms with Crippen LogP contribution in [-0.4, -0.2) is 73.2 Å². The first-order valence-electron chi connectivity index (χ1n) is 6.94. The maximum absolute atomic E-state index is 11.8. The summed E-state index contributed by atoms with van der Waals surface area (Å²) in [5.74, 6) is -0.0920. The van der Waals surface area contributed by atoms with Crippen molar-refractivity contribution in [3.8, 4) is 0 Å². The number of carbonyl (C=O) groups is 2. The monoisotopic (exact) mass is 292 g/mol. The summed E-state index contributed by atoms with van der Waals surface area (Å²) in [6.07, 6.45) is 2.92. The molecule has 0 saturated carbocycles. The molecule has 1 N–H and O–H groups in total. The van der Waals surface area contributed by atoms with E-state index in [0.717, 1.165) is 19.6 Å². The van der Waals surface area contributed by atoms with E-state index >= 15 is 0 Å². The summed E-state index contributed by atoms with van der Waals surface area (Å²) in [5, 5.41) is 2.88. The number of methoxy groups -OCH3 is 1. The van der Waals surface area contributed by atoms with Crippen LogP contribution in [0.2, 0.25) is 0 Å². The predicted molar refractivity (Wildman–Crippen MR) is 77.0 cm³/mol. The van der Waals surface area contributed by atoms with Crippen LogP contribution in [0.15, 0.2) is 24.5 Å². The van der Waals surface area contributed by atoms with E-state index in [-0.39, 0.29) is 12.0 Å². The molecule has 0 atom stereocenters. The fraction of sp³-hybridized carbons (Fsp3) is 0.500. The summed E-state index contributed by atoms with van der Waals surface area (Å²) >= 11 is 0. The van der Waals surface area contributed by atoms with Gasteiger partial charge in [-0.25, -0.2) is 4.79 Å². The molecule has 1 aromatic rings. The smallest absolute Gasteiger partial charge is 0.409 e. The average molecular weight is 292 g/mol. The van der Waals surface area contributed by atoms with E-state index in [1.165, 1.54) is 7.11 Å². The molecule has 0 unspecified atom stereocenters. The fourth-order valence-corrected chi connectivity index (χ4v) is 2.22. The highest BCUT2D eigenvalue weighted by molar-refractivity contribution is 5.93. The van der Waals surface area contributed by atoms with Gasteiger partial charge < -0.3 is 15.0 Å². The molecular formula is C14H20N4O3. The Morgan fingerprint density at radius 3 is 2.52 bits per heavy atom. The highest BCUT2D eigenvalue weighted by Crippen LogP contribution is 2.02. The van der Waals surface area contributed by atoms with E-state index in [4.69, 9.17) is 4.74 Å². The average Bonchev–Trinajstić information content (AvgIpc) is 2.55. The van der Waals surface area contributed by atoms with Gasteiger partial charge in [-0.15, -0.1) is 0 Å². The van der Waals surface area contributed by atoms with Crippen LogP contribution in [0.4, 0.5) is 4.79 Å². The standard InChI is InChI=1S/C14H20N4O3/c1-21-14(20)18-10-8-17(9-11-18)7-6-16-13(19)12-2-4-15-5-3-12/h2-5H,6-11H2,1H3,(H,16,19). The Morgan fingerprint density at radius 2 is 1.90 bits per heavy atom. The molecule has 0 bridgehead atoms. The second-order valence-electron chi connectivity index (χ2n) is 4.79. The molecule has 114 valence electrons. The van der Waals surface area contributed by atoms with E-state index in [0.29, 0.717) is 25.2 Å². The number of carbonyl (C=O) groups excluding carboxylic acids is 2. The Balaban J connectivity index is 1.66.